The lowest BCUT2D eigenvalue weighted by atomic mass is 9.85. The Balaban J connectivity index is 0.000000698. The molecule has 3 aromatic rings. The first-order valence-corrected chi connectivity index (χ1v) is 14.7. The summed E-state index contributed by atoms with van der Waals surface area (Å²) in [5.74, 6) is -2.70. The van der Waals surface area contributed by atoms with Crippen LogP contribution in [0.25, 0.3) is 22.3 Å². The highest BCUT2D eigenvalue weighted by atomic mass is 16.6. The molecule has 1 aliphatic carbocycles. The first-order valence-electron chi connectivity index (χ1n) is 14.7. The van der Waals surface area contributed by atoms with E-state index in [0.29, 0.717) is 24.0 Å². The fraction of sp³-hybridized carbons (Fsp3) is 0.419. The molecule has 6 rings (SSSR count). The van der Waals surface area contributed by atoms with Gasteiger partial charge in [-0.2, -0.15) is 0 Å². The van der Waals surface area contributed by atoms with E-state index in [9.17, 15) is 24.0 Å². The van der Waals surface area contributed by atoms with Gasteiger partial charge in [0.15, 0.2) is 0 Å². The maximum absolute atomic E-state index is 13.6. The number of benzene rings is 1. The van der Waals surface area contributed by atoms with E-state index in [1.807, 2.05) is 30.3 Å². The number of carbonyl (C=O) groups excluding carboxylic acids is 4. The fourth-order valence-corrected chi connectivity index (χ4v) is 5.39. The number of amides is 2. The van der Waals surface area contributed by atoms with E-state index in [0.717, 1.165) is 16.5 Å². The van der Waals surface area contributed by atoms with Crippen molar-refractivity contribution in [3.63, 3.8) is 0 Å². The van der Waals surface area contributed by atoms with Crippen LogP contribution in [0.1, 0.15) is 49.3 Å². The maximum atomic E-state index is 13.6. The molecule has 2 aliphatic heterocycles. The van der Waals surface area contributed by atoms with Crippen molar-refractivity contribution in [3.8, 4) is 11.4 Å². The molecule has 0 saturated heterocycles. The molecule has 5 N–H and O–H groups in total. The Morgan fingerprint density at radius 3 is 2.48 bits per heavy atom. The van der Waals surface area contributed by atoms with Crippen LogP contribution in [0.4, 0.5) is 0 Å². The third-order valence-electron chi connectivity index (χ3n) is 8.04. The number of likely N-dealkylation sites (N-methyl/N-ethyl adjacent to an activating group) is 1. The first-order chi connectivity index (χ1) is 21.2. The number of fused-ring (bicyclic) bond motifs is 5. The van der Waals surface area contributed by atoms with Gasteiger partial charge in [-0.3, -0.25) is 19.2 Å². The van der Waals surface area contributed by atoms with Gasteiger partial charge in [-0.25, -0.2) is 9.78 Å². The number of aromatic nitrogens is 2. The summed E-state index contributed by atoms with van der Waals surface area (Å²) in [7, 11) is 1.59. The summed E-state index contributed by atoms with van der Waals surface area (Å²) in [4.78, 5) is 67.8. The number of carbonyl (C=O) groups is 4. The molecule has 0 bridgehead atoms. The van der Waals surface area contributed by atoms with E-state index >= 15 is 0 Å². The van der Waals surface area contributed by atoms with Crippen LogP contribution in [0.2, 0.25) is 0 Å². The number of hydrogen-bond acceptors (Lipinski definition) is 10. The van der Waals surface area contributed by atoms with Crippen molar-refractivity contribution in [1.82, 2.24) is 25.5 Å². The van der Waals surface area contributed by atoms with Gasteiger partial charge in [0.1, 0.15) is 13.2 Å². The van der Waals surface area contributed by atoms with Crippen LogP contribution in [0.3, 0.4) is 0 Å². The zero-order chi connectivity index (χ0) is 31.4. The van der Waals surface area contributed by atoms with Gasteiger partial charge in [0.25, 0.3) is 5.56 Å². The van der Waals surface area contributed by atoms with E-state index in [4.69, 9.17) is 20.2 Å². The van der Waals surface area contributed by atoms with Gasteiger partial charge in [0.2, 0.25) is 17.4 Å². The van der Waals surface area contributed by atoms with Gasteiger partial charge in [0, 0.05) is 22.6 Å². The number of ether oxygens (including phenoxy) is 2. The second kappa shape index (κ2) is 12.9. The summed E-state index contributed by atoms with van der Waals surface area (Å²) < 4.78 is 12.6. The van der Waals surface area contributed by atoms with Crippen molar-refractivity contribution in [2.24, 2.45) is 5.73 Å². The average molecular weight is 605 g/mol. The predicted molar refractivity (Wildman–Crippen MR) is 160 cm³/mol. The number of cyclic esters (lactones) is 1. The Bertz CT molecular complexity index is 1680. The van der Waals surface area contributed by atoms with Gasteiger partial charge in [-0.1, -0.05) is 31.5 Å². The minimum atomic E-state index is -1.87. The molecular formula is C31H36N6O7. The number of nitrogens with zero attached hydrogens (tertiary/aromatic N) is 2. The Kier molecular flexibility index (Phi) is 9.06. The van der Waals surface area contributed by atoms with Crippen LogP contribution in [0.15, 0.2) is 41.2 Å². The number of esters is 2. The summed E-state index contributed by atoms with van der Waals surface area (Å²) in [5.41, 5.74) is 6.40. The maximum Gasteiger partial charge on any atom is 0.355 e. The van der Waals surface area contributed by atoms with Crippen molar-refractivity contribution in [2.45, 2.75) is 57.4 Å². The van der Waals surface area contributed by atoms with Gasteiger partial charge in [0.05, 0.1) is 42.1 Å². The molecule has 4 heterocycles. The van der Waals surface area contributed by atoms with Gasteiger partial charge < -0.3 is 35.7 Å². The lowest BCUT2D eigenvalue weighted by molar-refractivity contribution is -0.189. The molecular weight excluding hydrogens is 568 g/mol. The van der Waals surface area contributed by atoms with E-state index in [2.05, 4.69) is 16.0 Å². The topological polar surface area (TPSA) is 184 Å². The summed E-state index contributed by atoms with van der Waals surface area (Å²) in [5, 5.41) is 8.35. The van der Waals surface area contributed by atoms with Crippen LogP contribution in [0.5, 0.6) is 0 Å². The number of hydrogen-bond donors (Lipinski definition) is 4. The quantitative estimate of drug-likeness (QED) is 0.208. The summed E-state index contributed by atoms with van der Waals surface area (Å²) in [6.45, 7) is 0.868. The van der Waals surface area contributed by atoms with E-state index in [1.54, 1.807) is 24.6 Å². The molecule has 13 nitrogen and oxygen atoms in total. The number of nitrogens with one attached hydrogen (secondary N) is 3. The molecule has 0 unspecified atom stereocenters. The highest BCUT2D eigenvalue weighted by molar-refractivity contribution is 5.90. The molecule has 2 amide bonds. The SMILES string of the molecule is CC[C@@]1(OC(=O)CNC(=O)CNC(=O)CNC)C(=O)OCc2c1cc1n(c2=O)Cc2cc3ccccc3nc2-1.NC1CCC1. The minimum Gasteiger partial charge on any atom is -0.457 e. The second-order valence-electron chi connectivity index (χ2n) is 11.0. The zero-order valence-electron chi connectivity index (χ0n) is 24.7. The molecule has 2 aromatic heterocycles. The van der Waals surface area contributed by atoms with Crippen molar-refractivity contribution in [3.05, 3.63) is 63.4 Å². The predicted octanol–water partition coefficient (Wildman–Crippen LogP) is 0.580. The summed E-state index contributed by atoms with van der Waals surface area (Å²) in [6, 6.07) is 11.9. The number of rotatable bonds is 8. The van der Waals surface area contributed by atoms with Crippen molar-refractivity contribution < 1.29 is 28.7 Å². The lowest BCUT2D eigenvalue weighted by Gasteiger charge is -2.35. The second-order valence-corrected chi connectivity index (χ2v) is 11.0. The molecule has 44 heavy (non-hydrogen) atoms. The van der Waals surface area contributed by atoms with Crippen molar-refractivity contribution in [1.29, 1.82) is 0 Å². The van der Waals surface area contributed by atoms with E-state index in [-0.39, 0.29) is 48.7 Å². The van der Waals surface area contributed by atoms with Crippen LogP contribution in [-0.2, 0) is 47.4 Å². The van der Waals surface area contributed by atoms with Gasteiger partial charge >= 0.3 is 11.9 Å². The van der Waals surface area contributed by atoms with E-state index < -0.39 is 30.0 Å². The Hall–Kier alpha value is -4.62. The minimum absolute atomic E-state index is 0.000502. The first kappa shape index (κ1) is 30.8. The molecule has 3 aliphatic rings. The standard InChI is InChI=1S/C27H27N5O7.C4H9N/c1-3-27(39-23(35)12-30-22(34)11-29-21(33)10-28-2)18-9-20-24-16(8-15-6-4-5-7-19(15)31-24)13-32(20)25(36)17(18)14-38-26(27)37;5-4-2-1-3-4/h4-9,28H,3,10-14H2,1-2H3,(H,29,33)(H,30,34);4H,1-3,5H2/t27-;/m0./s1. The molecule has 0 radical (unpaired) electrons. The smallest absolute Gasteiger partial charge is 0.355 e. The molecule has 0 spiro atoms. The van der Waals surface area contributed by atoms with Crippen molar-refractivity contribution >= 4 is 34.7 Å². The van der Waals surface area contributed by atoms with Gasteiger partial charge in [-0.15, -0.1) is 0 Å². The number of pyridine rings is 2. The number of para-hydroxylation sites is 1. The molecule has 1 fully saturated rings. The third-order valence-corrected chi connectivity index (χ3v) is 8.04. The average Bonchev–Trinajstić information content (AvgIpc) is 3.36. The number of nitrogens with two attached hydrogens (primary N) is 1. The summed E-state index contributed by atoms with van der Waals surface area (Å²) in [6.07, 6.45) is 3.89. The van der Waals surface area contributed by atoms with Crippen LogP contribution < -0.4 is 27.2 Å². The molecule has 1 saturated carbocycles. The molecule has 13 heteroatoms. The highest BCUT2D eigenvalue weighted by Crippen LogP contribution is 2.40. The normalized spacial score (nSPS) is 18.0. The molecule has 1 atom stereocenters. The third kappa shape index (κ3) is 6.06. The summed E-state index contributed by atoms with van der Waals surface area (Å²) >= 11 is 0. The Morgan fingerprint density at radius 1 is 1.09 bits per heavy atom. The molecule has 1 aromatic carbocycles. The Morgan fingerprint density at radius 2 is 1.80 bits per heavy atom. The van der Waals surface area contributed by atoms with Gasteiger partial charge in [-0.05, 0) is 44.5 Å². The monoisotopic (exact) mass is 604 g/mol. The van der Waals surface area contributed by atoms with Crippen LogP contribution in [-0.4, -0.2) is 66.0 Å². The van der Waals surface area contributed by atoms with Crippen LogP contribution >= 0.6 is 0 Å². The fourth-order valence-electron chi connectivity index (χ4n) is 5.39. The van der Waals surface area contributed by atoms with E-state index in [1.165, 1.54) is 19.3 Å². The Labute approximate surface area is 253 Å². The lowest BCUT2D eigenvalue weighted by Crippen LogP contribution is -2.49. The largest absolute Gasteiger partial charge is 0.457 e. The van der Waals surface area contributed by atoms with Crippen molar-refractivity contribution in [2.75, 3.05) is 26.7 Å². The zero-order valence-corrected chi connectivity index (χ0v) is 24.7. The highest BCUT2D eigenvalue weighted by Gasteiger charge is 2.50. The van der Waals surface area contributed by atoms with Crippen LogP contribution in [0, 0.1) is 0 Å². The molecule has 232 valence electrons.